The lowest BCUT2D eigenvalue weighted by Gasteiger charge is -2.22. The molecule has 1 rings (SSSR count). The van der Waals surface area contributed by atoms with Crippen LogP contribution in [0.1, 0.15) is 24.4 Å². The summed E-state index contributed by atoms with van der Waals surface area (Å²) in [6.45, 7) is 0. The van der Waals surface area contributed by atoms with E-state index in [0.29, 0.717) is 5.56 Å². The number of carboxylic acid groups (broad SMARTS) is 1. The number of carbonyl (C=O) groups is 1. The maximum atomic E-state index is 12.6. The van der Waals surface area contributed by atoms with Gasteiger partial charge in [-0.25, -0.2) is 0 Å². The van der Waals surface area contributed by atoms with Gasteiger partial charge >= 0.3 is 12.1 Å². The molecule has 0 aliphatic carbocycles. The van der Waals surface area contributed by atoms with E-state index in [-0.39, 0.29) is 0 Å². The minimum absolute atomic E-state index is 0.431. The molecule has 1 aromatic rings. The second-order valence-corrected chi connectivity index (χ2v) is 4.09. The largest absolute Gasteiger partial charge is 0.481 e. The molecule has 0 amide bonds. The smallest absolute Gasteiger partial charge is 0.392 e. The van der Waals surface area contributed by atoms with Crippen LogP contribution in [0.4, 0.5) is 13.2 Å². The molecule has 0 fully saturated rings. The van der Waals surface area contributed by atoms with E-state index in [1.54, 1.807) is 30.3 Å². The molecule has 1 aromatic carbocycles. The van der Waals surface area contributed by atoms with E-state index in [2.05, 4.69) is 0 Å². The maximum absolute atomic E-state index is 12.6. The number of benzene rings is 1. The van der Waals surface area contributed by atoms with Crippen LogP contribution in [0, 0.1) is 5.92 Å². The van der Waals surface area contributed by atoms with E-state index in [4.69, 9.17) is 10.8 Å². The predicted molar refractivity (Wildman–Crippen MR) is 59.8 cm³/mol. The van der Waals surface area contributed by atoms with Gasteiger partial charge < -0.3 is 10.8 Å². The van der Waals surface area contributed by atoms with E-state index < -0.39 is 36.9 Å². The molecule has 0 aromatic heterocycles. The van der Waals surface area contributed by atoms with Gasteiger partial charge in [0.05, 0.1) is 12.3 Å². The quantitative estimate of drug-likeness (QED) is 0.856. The first kappa shape index (κ1) is 14.5. The lowest BCUT2D eigenvalue weighted by Crippen LogP contribution is -2.29. The number of halogens is 3. The predicted octanol–water partition coefficient (Wildman–Crippen LogP) is 2.73. The van der Waals surface area contributed by atoms with Crippen molar-refractivity contribution in [2.24, 2.45) is 11.7 Å². The van der Waals surface area contributed by atoms with Gasteiger partial charge in [-0.1, -0.05) is 30.3 Å². The first-order valence-corrected chi connectivity index (χ1v) is 5.39. The highest BCUT2D eigenvalue weighted by Crippen LogP contribution is 2.35. The molecular formula is C12H14F3NO2. The van der Waals surface area contributed by atoms with Crippen LogP contribution in [0.15, 0.2) is 30.3 Å². The standard InChI is InChI=1S/C12H14F3NO2/c13-12(14,15)9(7-11(17)18)6-10(16)8-4-2-1-3-5-8/h1-5,9-10H,6-7,16H2,(H,17,18)/t9-,10-/m1/s1. The number of rotatable bonds is 5. The van der Waals surface area contributed by atoms with Crippen molar-refractivity contribution in [2.75, 3.05) is 0 Å². The molecule has 3 nitrogen and oxygen atoms in total. The Balaban J connectivity index is 2.75. The summed E-state index contributed by atoms with van der Waals surface area (Å²) in [4.78, 5) is 10.4. The molecule has 0 saturated heterocycles. The Kier molecular flexibility index (Phi) is 4.72. The zero-order valence-corrected chi connectivity index (χ0v) is 9.52. The van der Waals surface area contributed by atoms with Crippen molar-refractivity contribution >= 4 is 5.97 Å². The molecule has 0 aliphatic heterocycles. The molecule has 100 valence electrons. The minimum atomic E-state index is -4.55. The summed E-state index contributed by atoms with van der Waals surface area (Å²) in [5, 5.41) is 8.49. The summed E-state index contributed by atoms with van der Waals surface area (Å²) in [6.07, 6.45) is -5.94. The second kappa shape index (κ2) is 5.86. The number of alkyl halides is 3. The summed E-state index contributed by atoms with van der Waals surface area (Å²) in [5.74, 6) is -3.40. The van der Waals surface area contributed by atoms with Crippen molar-refractivity contribution in [3.8, 4) is 0 Å². The molecule has 0 spiro atoms. The second-order valence-electron chi connectivity index (χ2n) is 4.09. The third-order valence-corrected chi connectivity index (χ3v) is 2.65. The molecule has 0 unspecified atom stereocenters. The van der Waals surface area contributed by atoms with Crippen molar-refractivity contribution < 1.29 is 23.1 Å². The number of carboxylic acids is 1. The molecule has 2 atom stereocenters. The number of hydrogen-bond acceptors (Lipinski definition) is 2. The molecule has 0 saturated carbocycles. The zero-order chi connectivity index (χ0) is 13.8. The maximum Gasteiger partial charge on any atom is 0.392 e. The number of aliphatic carboxylic acids is 1. The number of nitrogens with two attached hydrogens (primary N) is 1. The Morgan fingerprint density at radius 2 is 1.83 bits per heavy atom. The van der Waals surface area contributed by atoms with Gasteiger partial charge in [0.25, 0.3) is 0 Å². The summed E-state index contributed by atoms with van der Waals surface area (Å²) in [6, 6.07) is 7.51. The van der Waals surface area contributed by atoms with E-state index in [1.807, 2.05) is 0 Å². The molecule has 18 heavy (non-hydrogen) atoms. The Labute approximate surface area is 102 Å². The third-order valence-electron chi connectivity index (χ3n) is 2.65. The normalized spacial score (nSPS) is 15.1. The van der Waals surface area contributed by atoms with Crippen molar-refractivity contribution in [3.05, 3.63) is 35.9 Å². The average Bonchev–Trinajstić information content (AvgIpc) is 2.27. The van der Waals surface area contributed by atoms with Gasteiger partial charge in [0.1, 0.15) is 0 Å². The van der Waals surface area contributed by atoms with Crippen molar-refractivity contribution in [1.29, 1.82) is 0 Å². The van der Waals surface area contributed by atoms with Crippen molar-refractivity contribution in [2.45, 2.75) is 25.1 Å². The molecule has 0 heterocycles. The van der Waals surface area contributed by atoms with Gasteiger partial charge in [0.15, 0.2) is 0 Å². The van der Waals surface area contributed by atoms with Gasteiger partial charge in [-0.05, 0) is 12.0 Å². The molecular weight excluding hydrogens is 247 g/mol. The van der Waals surface area contributed by atoms with Crippen LogP contribution in [0.5, 0.6) is 0 Å². The molecule has 6 heteroatoms. The fourth-order valence-electron chi connectivity index (χ4n) is 1.69. The van der Waals surface area contributed by atoms with Crippen LogP contribution in [-0.2, 0) is 4.79 Å². The Morgan fingerprint density at radius 3 is 2.28 bits per heavy atom. The minimum Gasteiger partial charge on any atom is -0.481 e. The van der Waals surface area contributed by atoms with Crippen LogP contribution in [0.25, 0.3) is 0 Å². The lowest BCUT2D eigenvalue weighted by molar-refractivity contribution is -0.185. The third kappa shape index (κ3) is 4.37. The number of hydrogen-bond donors (Lipinski definition) is 2. The van der Waals surface area contributed by atoms with E-state index in [9.17, 15) is 18.0 Å². The van der Waals surface area contributed by atoms with Gasteiger partial charge in [-0.15, -0.1) is 0 Å². The molecule has 0 aliphatic rings. The molecule has 3 N–H and O–H groups in total. The van der Waals surface area contributed by atoms with Gasteiger partial charge in [0.2, 0.25) is 0 Å². The molecule has 0 bridgehead atoms. The average molecular weight is 261 g/mol. The van der Waals surface area contributed by atoms with Crippen LogP contribution in [0.3, 0.4) is 0 Å². The first-order chi connectivity index (χ1) is 8.30. The SMILES string of the molecule is N[C@H](C[C@H](CC(=O)O)C(F)(F)F)c1ccccc1. The van der Waals surface area contributed by atoms with Crippen LogP contribution in [0.2, 0.25) is 0 Å². The van der Waals surface area contributed by atoms with E-state index in [1.165, 1.54) is 0 Å². The Bertz CT molecular complexity index is 392. The van der Waals surface area contributed by atoms with Crippen LogP contribution < -0.4 is 5.73 Å². The first-order valence-electron chi connectivity index (χ1n) is 5.39. The van der Waals surface area contributed by atoms with Crippen LogP contribution in [-0.4, -0.2) is 17.3 Å². The van der Waals surface area contributed by atoms with Gasteiger partial charge in [-0.2, -0.15) is 13.2 Å². The molecule has 0 radical (unpaired) electrons. The monoisotopic (exact) mass is 261 g/mol. The Morgan fingerprint density at radius 1 is 1.28 bits per heavy atom. The zero-order valence-electron chi connectivity index (χ0n) is 9.52. The summed E-state index contributed by atoms with van der Waals surface area (Å²) < 4.78 is 37.9. The topological polar surface area (TPSA) is 63.3 Å². The fraction of sp³-hybridized carbons (Fsp3) is 0.417. The lowest BCUT2D eigenvalue weighted by atomic mass is 9.92. The fourth-order valence-corrected chi connectivity index (χ4v) is 1.69. The summed E-state index contributed by atoms with van der Waals surface area (Å²) in [7, 11) is 0. The summed E-state index contributed by atoms with van der Waals surface area (Å²) in [5.41, 5.74) is 6.24. The summed E-state index contributed by atoms with van der Waals surface area (Å²) >= 11 is 0. The van der Waals surface area contributed by atoms with E-state index >= 15 is 0 Å². The van der Waals surface area contributed by atoms with E-state index in [0.717, 1.165) is 0 Å². The van der Waals surface area contributed by atoms with Crippen molar-refractivity contribution in [1.82, 2.24) is 0 Å². The van der Waals surface area contributed by atoms with Gasteiger partial charge in [-0.3, -0.25) is 4.79 Å². The van der Waals surface area contributed by atoms with Gasteiger partial charge in [0, 0.05) is 6.04 Å². The highest BCUT2D eigenvalue weighted by Gasteiger charge is 2.41. The Hall–Kier alpha value is -1.56. The van der Waals surface area contributed by atoms with Crippen LogP contribution >= 0.6 is 0 Å². The van der Waals surface area contributed by atoms with Crippen molar-refractivity contribution in [3.63, 3.8) is 0 Å². The highest BCUT2D eigenvalue weighted by atomic mass is 19.4. The highest BCUT2D eigenvalue weighted by molar-refractivity contribution is 5.67.